The number of benzene rings is 1. The van der Waals surface area contributed by atoms with Crippen molar-refractivity contribution in [3.63, 3.8) is 0 Å². The quantitative estimate of drug-likeness (QED) is 0.771. The minimum absolute atomic E-state index is 0.348. The molecule has 1 aromatic rings. The lowest BCUT2D eigenvalue weighted by molar-refractivity contribution is 0.460. The first-order valence-electron chi connectivity index (χ1n) is 5.57. The summed E-state index contributed by atoms with van der Waals surface area (Å²) in [5.74, 6) is 0.348. The molecule has 15 heavy (non-hydrogen) atoms. The average Bonchev–Trinajstić information content (AvgIpc) is 2.29. The number of anilines is 1. The molecule has 1 unspecified atom stereocenters. The van der Waals surface area contributed by atoms with Crippen LogP contribution >= 0.6 is 0 Å². The molecule has 1 fully saturated rings. The zero-order valence-corrected chi connectivity index (χ0v) is 9.11. The predicted molar refractivity (Wildman–Crippen MR) is 62.4 cm³/mol. The van der Waals surface area contributed by atoms with E-state index in [2.05, 4.69) is 23.2 Å². The lowest BCUT2D eigenvalue weighted by atomic mass is 10.1. The molecular weight excluding hydrogens is 188 g/mol. The van der Waals surface area contributed by atoms with Gasteiger partial charge < -0.3 is 15.3 Å². The molecule has 1 atom stereocenters. The fourth-order valence-electron chi connectivity index (χ4n) is 2.14. The van der Waals surface area contributed by atoms with Crippen LogP contribution < -0.4 is 10.2 Å². The summed E-state index contributed by atoms with van der Waals surface area (Å²) in [6, 6.07) is 8.06. The van der Waals surface area contributed by atoms with Crippen LogP contribution in [0.1, 0.15) is 13.3 Å². The van der Waals surface area contributed by atoms with E-state index in [0.29, 0.717) is 11.8 Å². The second-order valence-corrected chi connectivity index (χ2v) is 3.98. The molecule has 0 spiro atoms. The molecule has 0 aromatic heterocycles. The van der Waals surface area contributed by atoms with E-state index in [9.17, 15) is 5.11 Å². The predicted octanol–water partition coefficient (Wildman–Crippen LogP) is 1.58. The Bertz CT molecular complexity index is 327. The van der Waals surface area contributed by atoms with Crippen molar-refractivity contribution in [3.8, 4) is 5.75 Å². The van der Waals surface area contributed by atoms with Crippen molar-refractivity contribution in [2.24, 2.45) is 0 Å². The van der Waals surface area contributed by atoms with Gasteiger partial charge in [0.15, 0.2) is 0 Å². The molecule has 0 saturated carbocycles. The summed E-state index contributed by atoms with van der Waals surface area (Å²) in [6.07, 6.45) is 1.13. The highest BCUT2D eigenvalue weighted by molar-refractivity contribution is 5.51. The van der Waals surface area contributed by atoms with Crippen LogP contribution in [-0.4, -0.2) is 30.8 Å². The number of hydrogen-bond acceptors (Lipinski definition) is 3. The van der Waals surface area contributed by atoms with Gasteiger partial charge in [-0.1, -0.05) is 13.0 Å². The summed E-state index contributed by atoms with van der Waals surface area (Å²) in [5, 5.41) is 12.9. The number of nitrogens with zero attached hydrogens (tertiary/aromatic N) is 1. The summed E-state index contributed by atoms with van der Waals surface area (Å²) in [5.41, 5.74) is 1.13. The zero-order chi connectivity index (χ0) is 10.7. The number of piperazine rings is 1. The Hall–Kier alpha value is -1.22. The van der Waals surface area contributed by atoms with E-state index in [1.54, 1.807) is 6.07 Å². The third-order valence-electron chi connectivity index (χ3n) is 2.98. The molecule has 3 nitrogen and oxygen atoms in total. The third-order valence-corrected chi connectivity index (χ3v) is 2.98. The SMILES string of the molecule is CCC1CNCCN1c1cccc(O)c1. The number of nitrogens with one attached hydrogen (secondary N) is 1. The highest BCUT2D eigenvalue weighted by atomic mass is 16.3. The number of rotatable bonds is 2. The normalized spacial score (nSPS) is 21.7. The van der Waals surface area contributed by atoms with Gasteiger partial charge in [-0.25, -0.2) is 0 Å². The highest BCUT2D eigenvalue weighted by Gasteiger charge is 2.20. The van der Waals surface area contributed by atoms with Gasteiger partial charge in [0.25, 0.3) is 0 Å². The van der Waals surface area contributed by atoms with Crippen LogP contribution in [0.3, 0.4) is 0 Å². The van der Waals surface area contributed by atoms with Crippen LogP contribution in [0.4, 0.5) is 5.69 Å². The minimum atomic E-state index is 0.348. The van der Waals surface area contributed by atoms with E-state index in [1.807, 2.05) is 12.1 Å². The fourth-order valence-corrected chi connectivity index (χ4v) is 2.14. The van der Waals surface area contributed by atoms with Crippen LogP contribution in [0, 0.1) is 0 Å². The Balaban J connectivity index is 2.20. The standard InChI is InChI=1S/C12H18N2O/c1-2-10-9-13-6-7-14(10)11-4-3-5-12(15)8-11/h3-5,8,10,13,15H,2,6-7,9H2,1H3. The molecule has 1 aliphatic heterocycles. The Morgan fingerprint density at radius 3 is 3.13 bits per heavy atom. The number of hydrogen-bond donors (Lipinski definition) is 2. The van der Waals surface area contributed by atoms with Crippen molar-refractivity contribution in [1.82, 2.24) is 5.32 Å². The lowest BCUT2D eigenvalue weighted by Crippen LogP contribution is -2.51. The molecule has 82 valence electrons. The summed E-state index contributed by atoms with van der Waals surface area (Å²) < 4.78 is 0. The fraction of sp³-hybridized carbons (Fsp3) is 0.500. The highest BCUT2D eigenvalue weighted by Crippen LogP contribution is 2.23. The maximum atomic E-state index is 9.46. The van der Waals surface area contributed by atoms with E-state index < -0.39 is 0 Å². The van der Waals surface area contributed by atoms with E-state index in [-0.39, 0.29) is 0 Å². The zero-order valence-electron chi connectivity index (χ0n) is 9.11. The maximum Gasteiger partial charge on any atom is 0.117 e. The first kappa shape index (κ1) is 10.3. The lowest BCUT2D eigenvalue weighted by Gasteiger charge is -2.37. The molecule has 1 aliphatic rings. The Morgan fingerprint density at radius 1 is 1.53 bits per heavy atom. The second-order valence-electron chi connectivity index (χ2n) is 3.98. The van der Waals surface area contributed by atoms with Gasteiger partial charge in [-0.15, -0.1) is 0 Å². The van der Waals surface area contributed by atoms with E-state index in [0.717, 1.165) is 31.7 Å². The van der Waals surface area contributed by atoms with Gasteiger partial charge >= 0.3 is 0 Å². The summed E-state index contributed by atoms with van der Waals surface area (Å²) in [4.78, 5) is 2.37. The molecule has 0 aliphatic carbocycles. The van der Waals surface area contributed by atoms with E-state index in [4.69, 9.17) is 0 Å². The van der Waals surface area contributed by atoms with Crippen molar-refractivity contribution < 1.29 is 5.11 Å². The van der Waals surface area contributed by atoms with Gasteiger partial charge in [-0.3, -0.25) is 0 Å². The number of phenolic OH excluding ortho intramolecular Hbond substituents is 1. The van der Waals surface area contributed by atoms with Crippen LogP contribution in [-0.2, 0) is 0 Å². The monoisotopic (exact) mass is 206 g/mol. The maximum absolute atomic E-state index is 9.46. The molecule has 1 saturated heterocycles. The molecule has 3 heteroatoms. The first-order valence-corrected chi connectivity index (χ1v) is 5.57. The van der Waals surface area contributed by atoms with Gasteiger partial charge in [0.05, 0.1) is 0 Å². The Morgan fingerprint density at radius 2 is 2.40 bits per heavy atom. The van der Waals surface area contributed by atoms with Crippen LogP contribution in [0.2, 0.25) is 0 Å². The van der Waals surface area contributed by atoms with E-state index >= 15 is 0 Å². The number of phenols is 1. The van der Waals surface area contributed by atoms with Crippen molar-refractivity contribution in [3.05, 3.63) is 24.3 Å². The van der Waals surface area contributed by atoms with Gasteiger partial charge in [0.1, 0.15) is 5.75 Å². The van der Waals surface area contributed by atoms with E-state index in [1.165, 1.54) is 0 Å². The van der Waals surface area contributed by atoms with Crippen LogP contribution in [0.15, 0.2) is 24.3 Å². The summed E-state index contributed by atoms with van der Waals surface area (Å²) >= 11 is 0. The Kier molecular flexibility index (Phi) is 3.11. The van der Waals surface area contributed by atoms with Gasteiger partial charge in [-0.2, -0.15) is 0 Å². The average molecular weight is 206 g/mol. The van der Waals surface area contributed by atoms with Crippen LogP contribution in [0.5, 0.6) is 5.75 Å². The number of aromatic hydroxyl groups is 1. The van der Waals surface area contributed by atoms with Crippen molar-refractivity contribution in [2.45, 2.75) is 19.4 Å². The van der Waals surface area contributed by atoms with Gasteiger partial charge in [0.2, 0.25) is 0 Å². The molecule has 2 rings (SSSR count). The van der Waals surface area contributed by atoms with Gasteiger partial charge in [0, 0.05) is 37.4 Å². The molecule has 0 radical (unpaired) electrons. The molecule has 2 N–H and O–H groups in total. The molecule has 0 amide bonds. The second kappa shape index (κ2) is 4.53. The van der Waals surface area contributed by atoms with Gasteiger partial charge in [-0.05, 0) is 18.6 Å². The first-order chi connectivity index (χ1) is 7.31. The summed E-state index contributed by atoms with van der Waals surface area (Å²) in [7, 11) is 0. The van der Waals surface area contributed by atoms with Crippen molar-refractivity contribution in [1.29, 1.82) is 0 Å². The summed E-state index contributed by atoms with van der Waals surface area (Å²) in [6.45, 7) is 5.27. The molecule has 1 heterocycles. The molecular formula is C12H18N2O. The minimum Gasteiger partial charge on any atom is -0.508 e. The van der Waals surface area contributed by atoms with Crippen molar-refractivity contribution >= 4 is 5.69 Å². The third kappa shape index (κ3) is 2.23. The van der Waals surface area contributed by atoms with Crippen LogP contribution in [0.25, 0.3) is 0 Å². The Labute approximate surface area is 90.7 Å². The smallest absolute Gasteiger partial charge is 0.117 e. The molecule has 1 aromatic carbocycles. The largest absolute Gasteiger partial charge is 0.508 e. The topological polar surface area (TPSA) is 35.5 Å². The molecule has 0 bridgehead atoms. The van der Waals surface area contributed by atoms with Crippen molar-refractivity contribution in [2.75, 3.05) is 24.5 Å².